The average molecular weight is 284 g/mol. The zero-order valence-electron chi connectivity index (χ0n) is 12.6. The largest absolute Gasteiger partial charge is 0.297 e. The van der Waals surface area contributed by atoms with Crippen molar-refractivity contribution in [1.29, 1.82) is 0 Å². The van der Waals surface area contributed by atoms with E-state index < -0.39 is 10.1 Å². The third-order valence-corrected chi connectivity index (χ3v) is 4.58. The topological polar surface area (TPSA) is 43.4 Å². The lowest BCUT2D eigenvalue weighted by Crippen LogP contribution is -2.14. The molecule has 0 bridgehead atoms. The van der Waals surface area contributed by atoms with Gasteiger partial charge in [0.15, 0.2) is 0 Å². The van der Waals surface area contributed by atoms with E-state index in [4.69, 9.17) is 4.18 Å². The first-order valence-corrected chi connectivity index (χ1v) is 8.15. The Balaban J connectivity index is 3.67. The van der Waals surface area contributed by atoms with E-state index in [1.807, 2.05) is 46.8 Å². The second-order valence-electron chi connectivity index (χ2n) is 5.44. The van der Waals surface area contributed by atoms with Crippen molar-refractivity contribution in [2.24, 2.45) is 0 Å². The van der Waals surface area contributed by atoms with Crippen LogP contribution in [0.2, 0.25) is 0 Å². The Morgan fingerprint density at radius 2 is 1.47 bits per heavy atom. The van der Waals surface area contributed by atoms with Crippen LogP contribution in [0.3, 0.4) is 0 Å². The van der Waals surface area contributed by atoms with Crippen LogP contribution in [-0.2, 0) is 14.3 Å². The van der Waals surface area contributed by atoms with Crippen molar-refractivity contribution in [2.75, 3.05) is 6.61 Å². The fourth-order valence-electron chi connectivity index (χ4n) is 2.19. The minimum atomic E-state index is -3.68. The highest BCUT2D eigenvalue weighted by Crippen LogP contribution is 2.33. The Kier molecular flexibility index (Phi) is 5.16. The van der Waals surface area contributed by atoms with E-state index in [-0.39, 0.29) is 18.4 Å². The van der Waals surface area contributed by atoms with E-state index in [0.29, 0.717) is 4.90 Å². The van der Waals surface area contributed by atoms with Crippen LogP contribution in [0.25, 0.3) is 0 Å². The van der Waals surface area contributed by atoms with Crippen molar-refractivity contribution in [3.8, 4) is 0 Å². The van der Waals surface area contributed by atoms with Gasteiger partial charge in [-0.1, -0.05) is 45.4 Å². The lowest BCUT2D eigenvalue weighted by Gasteiger charge is -2.20. The summed E-state index contributed by atoms with van der Waals surface area (Å²) in [5.41, 5.74) is 2.78. The highest BCUT2D eigenvalue weighted by molar-refractivity contribution is 7.86. The lowest BCUT2D eigenvalue weighted by molar-refractivity contribution is 0.336. The molecule has 4 heteroatoms. The van der Waals surface area contributed by atoms with E-state index in [1.165, 1.54) is 0 Å². The van der Waals surface area contributed by atoms with Crippen LogP contribution < -0.4 is 0 Å². The summed E-state index contributed by atoms with van der Waals surface area (Å²) in [6, 6.07) is 3.89. The van der Waals surface area contributed by atoms with Gasteiger partial charge in [0.25, 0.3) is 10.1 Å². The van der Waals surface area contributed by atoms with Gasteiger partial charge in [-0.05, 0) is 36.8 Å². The third kappa shape index (κ3) is 3.57. The van der Waals surface area contributed by atoms with Gasteiger partial charge in [0.2, 0.25) is 0 Å². The molecule has 0 unspecified atom stereocenters. The number of hydrogen-bond donors (Lipinski definition) is 0. The van der Waals surface area contributed by atoms with Crippen LogP contribution in [0, 0.1) is 6.92 Å². The highest BCUT2D eigenvalue weighted by atomic mass is 32.2. The molecule has 0 saturated carbocycles. The first kappa shape index (κ1) is 16.2. The number of hydrogen-bond acceptors (Lipinski definition) is 3. The Morgan fingerprint density at radius 3 is 1.79 bits per heavy atom. The molecule has 1 aromatic rings. The Labute approximate surface area is 117 Å². The molecule has 0 heterocycles. The molecule has 0 atom stereocenters. The fourth-order valence-corrected chi connectivity index (χ4v) is 3.79. The van der Waals surface area contributed by atoms with Gasteiger partial charge in [0.1, 0.15) is 4.90 Å². The highest BCUT2D eigenvalue weighted by Gasteiger charge is 2.26. The molecule has 0 N–H and O–H groups in total. The van der Waals surface area contributed by atoms with Crippen LogP contribution in [0.1, 0.15) is 63.1 Å². The third-order valence-electron chi connectivity index (χ3n) is 3.06. The van der Waals surface area contributed by atoms with E-state index in [0.717, 1.165) is 16.7 Å². The maximum absolute atomic E-state index is 12.4. The number of aryl methyl sites for hydroxylation is 1. The molecule has 108 valence electrons. The van der Waals surface area contributed by atoms with Gasteiger partial charge in [-0.25, -0.2) is 0 Å². The van der Waals surface area contributed by atoms with Gasteiger partial charge < -0.3 is 0 Å². The molecule has 0 aliphatic heterocycles. The molecule has 0 spiro atoms. The van der Waals surface area contributed by atoms with Gasteiger partial charge in [0.05, 0.1) is 6.61 Å². The number of rotatable bonds is 5. The van der Waals surface area contributed by atoms with Gasteiger partial charge in [-0.3, -0.25) is 4.18 Å². The maximum atomic E-state index is 12.4. The Morgan fingerprint density at radius 1 is 1.05 bits per heavy atom. The van der Waals surface area contributed by atoms with E-state index in [9.17, 15) is 8.42 Å². The summed E-state index contributed by atoms with van der Waals surface area (Å²) in [6.45, 7) is 11.9. The molecular formula is C15H24O3S. The molecule has 0 fully saturated rings. The van der Waals surface area contributed by atoms with Crippen molar-refractivity contribution < 1.29 is 12.6 Å². The van der Waals surface area contributed by atoms with Crippen LogP contribution in [-0.4, -0.2) is 15.0 Å². The first-order valence-electron chi connectivity index (χ1n) is 6.74. The molecule has 0 aliphatic carbocycles. The predicted molar refractivity (Wildman–Crippen MR) is 78.2 cm³/mol. The molecule has 0 aromatic heterocycles. The minimum Gasteiger partial charge on any atom is -0.267 e. The predicted octanol–water partition coefficient (Wildman–Crippen LogP) is 3.97. The molecule has 1 rings (SSSR count). The number of benzene rings is 1. The van der Waals surface area contributed by atoms with Gasteiger partial charge in [-0.15, -0.1) is 0 Å². The van der Waals surface area contributed by atoms with Crippen LogP contribution in [0.4, 0.5) is 0 Å². The molecule has 0 saturated heterocycles. The molecule has 3 nitrogen and oxygen atoms in total. The normalized spacial score (nSPS) is 12.4. The second-order valence-corrected chi connectivity index (χ2v) is 6.99. The SMILES string of the molecule is CCOS(=O)(=O)c1c(C(C)C)cc(C)cc1C(C)C. The lowest BCUT2D eigenvalue weighted by atomic mass is 9.93. The summed E-state index contributed by atoms with van der Waals surface area (Å²) in [5.74, 6) is 0.283. The van der Waals surface area contributed by atoms with Gasteiger partial charge in [0, 0.05) is 0 Å². The monoisotopic (exact) mass is 284 g/mol. The van der Waals surface area contributed by atoms with Crippen molar-refractivity contribution in [3.63, 3.8) is 0 Å². The average Bonchev–Trinajstić information content (AvgIpc) is 2.27. The summed E-state index contributed by atoms with van der Waals surface area (Å²) in [7, 11) is -3.68. The van der Waals surface area contributed by atoms with Crippen LogP contribution in [0.15, 0.2) is 17.0 Å². The molecule has 0 amide bonds. The van der Waals surface area contributed by atoms with Gasteiger partial charge >= 0.3 is 0 Å². The zero-order chi connectivity index (χ0) is 14.8. The van der Waals surface area contributed by atoms with E-state index in [2.05, 4.69) is 0 Å². The minimum absolute atomic E-state index is 0.141. The summed E-state index contributed by atoms with van der Waals surface area (Å²) in [4.78, 5) is 0.366. The molecule has 1 aromatic carbocycles. The molecular weight excluding hydrogens is 260 g/mol. The summed E-state index contributed by atoms with van der Waals surface area (Å²) in [5, 5.41) is 0. The van der Waals surface area contributed by atoms with Crippen molar-refractivity contribution >= 4 is 10.1 Å². The summed E-state index contributed by atoms with van der Waals surface area (Å²) >= 11 is 0. The molecule has 19 heavy (non-hydrogen) atoms. The van der Waals surface area contributed by atoms with E-state index >= 15 is 0 Å². The zero-order valence-corrected chi connectivity index (χ0v) is 13.5. The van der Waals surface area contributed by atoms with Gasteiger partial charge in [-0.2, -0.15) is 8.42 Å². The standard InChI is InChI=1S/C15H24O3S/c1-7-18-19(16,17)15-13(10(2)3)8-12(6)9-14(15)11(4)5/h8-11H,7H2,1-6H3. The van der Waals surface area contributed by atoms with Crippen LogP contribution in [0.5, 0.6) is 0 Å². The van der Waals surface area contributed by atoms with Crippen molar-refractivity contribution in [3.05, 3.63) is 28.8 Å². The van der Waals surface area contributed by atoms with Crippen molar-refractivity contribution in [1.82, 2.24) is 0 Å². The fraction of sp³-hybridized carbons (Fsp3) is 0.600. The Hall–Kier alpha value is -0.870. The first-order chi connectivity index (χ1) is 8.70. The van der Waals surface area contributed by atoms with Crippen LogP contribution >= 0.6 is 0 Å². The second kappa shape index (κ2) is 6.06. The maximum Gasteiger partial charge on any atom is 0.297 e. The molecule has 0 aliphatic rings. The molecule has 0 radical (unpaired) electrons. The smallest absolute Gasteiger partial charge is 0.267 e. The Bertz CT molecular complexity index is 514. The van der Waals surface area contributed by atoms with E-state index in [1.54, 1.807) is 6.92 Å². The quantitative estimate of drug-likeness (QED) is 0.768. The van der Waals surface area contributed by atoms with Crippen molar-refractivity contribution in [2.45, 2.75) is 58.3 Å². The summed E-state index contributed by atoms with van der Waals surface area (Å²) < 4.78 is 29.8. The summed E-state index contributed by atoms with van der Waals surface area (Å²) in [6.07, 6.45) is 0.